The van der Waals surface area contributed by atoms with E-state index in [1.165, 1.54) is 4.90 Å². The van der Waals surface area contributed by atoms with Gasteiger partial charge in [-0.1, -0.05) is 11.6 Å². The number of alkyl halides is 1. The molecule has 1 aromatic carbocycles. The van der Waals surface area contributed by atoms with Crippen molar-refractivity contribution in [2.75, 3.05) is 31.1 Å². The predicted molar refractivity (Wildman–Crippen MR) is 122 cm³/mol. The summed E-state index contributed by atoms with van der Waals surface area (Å²) in [4.78, 5) is 32.3. The minimum Gasteiger partial charge on any atom is -0.450 e. The van der Waals surface area contributed by atoms with E-state index in [0.717, 1.165) is 0 Å². The topological polar surface area (TPSA) is 99.8 Å². The van der Waals surface area contributed by atoms with Crippen LogP contribution in [0.5, 0.6) is 0 Å². The highest BCUT2D eigenvalue weighted by atomic mass is 35.5. The maximum Gasteiger partial charge on any atom is 0.414 e. The molecule has 3 amide bonds. The summed E-state index contributed by atoms with van der Waals surface area (Å²) < 4.78 is 5.04. The first-order chi connectivity index (χ1) is 14.9. The lowest BCUT2D eigenvalue weighted by molar-refractivity contribution is -0.114. The van der Waals surface area contributed by atoms with E-state index in [9.17, 15) is 9.59 Å². The van der Waals surface area contributed by atoms with Gasteiger partial charge in [0.1, 0.15) is 5.69 Å². The number of carbonyl (C=O) groups excluding carboxylic acids is 2. The zero-order valence-electron chi connectivity index (χ0n) is 17.3. The van der Waals surface area contributed by atoms with E-state index in [0.29, 0.717) is 55.4 Å². The second-order valence-electron chi connectivity index (χ2n) is 7.21. The highest BCUT2D eigenvalue weighted by Gasteiger charge is 2.36. The molecule has 0 radical (unpaired) electrons. The van der Waals surface area contributed by atoms with Crippen LogP contribution in [0.4, 0.5) is 15.3 Å². The lowest BCUT2D eigenvalue weighted by atomic mass is 10.1. The van der Waals surface area contributed by atoms with Gasteiger partial charge in [-0.25, -0.2) is 9.59 Å². The van der Waals surface area contributed by atoms with Crippen LogP contribution in [0.1, 0.15) is 19.8 Å². The van der Waals surface area contributed by atoms with Gasteiger partial charge in [0.2, 0.25) is 0 Å². The molecule has 3 N–H and O–H groups in total. The van der Waals surface area contributed by atoms with Gasteiger partial charge in [-0.15, -0.1) is 16.5 Å². The quantitative estimate of drug-likeness (QED) is 0.404. The summed E-state index contributed by atoms with van der Waals surface area (Å²) in [5.74, 6) is 0.231. The maximum absolute atomic E-state index is 13.3. The first-order valence-corrected chi connectivity index (χ1v) is 11.0. The number of anilines is 1. The molecule has 31 heavy (non-hydrogen) atoms. The average Bonchev–Trinajstić information content (AvgIpc) is 2.76. The third kappa shape index (κ3) is 5.77. The molecule has 2 aliphatic heterocycles. The Labute approximate surface area is 191 Å². The Bertz CT molecular complexity index is 880. The number of nitrogens with two attached hydrogens (primary N) is 1. The number of aliphatic imine (C=N–C) groups is 1. The average molecular weight is 467 g/mol. The summed E-state index contributed by atoms with van der Waals surface area (Å²) in [6, 6.07) is 6.35. The van der Waals surface area contributed by atoms with Crippen molar-refractivity contribution < 1.29 is 19.7 Å². The number of nitrogens with zero attached hydrogens (tertiary/aromatic N) is 3. The number of hydrogen-bond donors (Lipinski definition) is 2. The Morgan fingerprint density at radius 2 is 1.97 bits per heavy atom. The van der Waals surface area contributed by atoms with E-state index in [2.05, 4.69) is 10.3 Å². The highest BCUT2D eigenvalue weighted by Crippen LogP contribution is 2.23. The van der Waals surface area contributed by atoms with Gasteiger partial charge in [0.05, 0.1) is 24.1 Å². The van der Waals surface area contributed by atoms with Crippen LogP contribution in [0.15, 0.2) is 40.9 Å². The Morgan fingerprint density at radius 1 is 1.29 bits per heavy atom. The fourth-order valence-electron chi connectivity index (χ4n) is 3.48. The van der Waals surface area contributed by atoms with Crippen LogP contribution in [0.2, 0.25) is 5.02 Å². The first-order valence-electron chi connectivity index (χ1n) is 10.2. The Morgan fingerprint density at radius 3 is 2.58 bits per heavy atom. The van der Waals surface area contributed by atoms with E-state index in [1.807, 2.05) is 0 Å². The van der Waals surface area contributed by atoms with Crippen molar-refractivity contribution >= 4 is 53.1 Å². The lowest BCUT2D eigenvalue weighted by Gasteiger charge is -2.32. The van der Waals surface area contributed by atoms with Crippen molar-refractivity contribution in [3.63, 3.8) is 0 Å². The van der Waals surface area contributed by atoms with Gasteiger partial charge in [0, 0.05) is 30.4 Å². The molecule has 0 saturated carbocycles. The number of nitrogens with one attached hydrogen (secondary N) is 1. The standard InChI is InChI=1S/C21H25Cl2N5O3/c1-2-31-21(30)27-11-8-15(9-12-27)26-20(29)28(16-5-3-14(22)4-6-16)19(24)17-7-10-25-13-18(17)23/h3-7,10,15,18,24H,2,8-9,11-13H2,1H3,(H,26,29)/p+1. The van der Waals surface area contributed by atoms with Gasteiger partial charge in [0.25, 0.3) is 5.84 Å². The van der Waals surface area contributed by atoms with Gasteiger partial charge in [0.15, 0.2) is 0 Å². The van der Waals surface area contributed by atoms with Crippen LogP contribution < -0.4 is 15.6 Å². The molecule has 2 aliphatic rings. The van der Waals surface area contributed by atoms with Crippen molar-refractivity contribution in [1.29, 1.82) is 0 Å². The number of amides is 3. The third-order valence-corrected chi connectivity index (χ3v) is 5.76. The van der Waals surface area contributed by atoms with Crippen molar-refractivity contribution in [1.82, 2.24) is 10.2 Å². The third-order valence-electron chi connectivity index (χ3n) is 5.14. The minimum atomic E-state index is -0.430. The van der Waals surface area contributed by atoms with Gasteiger partial charge < -0.3 is 15.0 Å². The van der Waals surface area contributed by atoms with Gasteiger partial charge in [-0.05, 0) is 50.1 Å². The second kappa shape index (κ2) is 10.6. The van der Waals surface area contributed by atoms with E-state index >= 15 is 0 Å². The van der Waals surface area contributed by atoms with Crippen LogP contribution in [0.25, 0.3) is 0 Å². The number of urea groups is 1. The van der Waals surface area contributed by atoms with Crippen LogP contribution in [-0.2, 0) is 4.74 Å². The van der Waals surface area contributed by atoms with Crippen LogP contribution in [0.3, 0.4) is 0 Å². The number of rotatable bonds is 4. The number of halogens is 2. The molecule has 0 aromatic heterocycles. The molecule has 166 valence electrons. The van der Waals surface area contributed by atoms with Gasteiger partial charge in [-0.2, -0.15) is 0 Å². The lowest BCUT2D eigenvalue weighted by Crippen LogP contribution is -2.60. The van der Waals surface area contributed by atoms with Gasteiger partial charge in [-0.3, -0.25) is 10.4 Å². The highest BCUT2D eigenvalue weighted by molar-refractivity contribution is 6.32. The fraction of sp³-hybridized carbons (Fsp3) is 0.429. The molecule has 1 aromatic rings. The second-order valence-corrected chi connectivity index (χ2v) is 8.17. The summed E-state index contributed by atoms with van der Waals surface area (Å²) in [7, 11) is 0. The molecule has 1 fully saturated rings. The van der Waals surface area contributed by atoms with Crippen molar-refractivity contribution in [2.45, 2.75) is 31.2 Å². The number of likely N-dealkylation sites (tertiary alicyclic amines) is 1. The van der Waals surface area contributed by atoms with Crippen molar-refractivity contribution in [2.24, 2.45) is 4.99 Å². The number of allylic oxidation sites excluding steroid dienone is 1. The van der Waals surface area contributed by atoms with E-state index in [1.54, 1.807) is 48.4 Å². The number of piperidine rings is 1. The number of amidine groups is 1. The number of ether oxygens (including phenoxy) is 1. The molecule has 8 nitrogen and oxygen atoms in total. The molecule has 0 bridgehead atoms. The van der Waals surface area contributed by atoms with Crippen LogP contribution >= 0.6 is 23.2 Å². The van der Waals surface area contributed by atoms with E-state index in [4.69, 9.17) is 33.3 Å². The molecular weight excluding hydrogens is 441 g/mol. The van der Waals surface area contributed by atoms with E-state index < -0.39 is 5.38 Å². The summed E-state index contributed by atoms with van der Waals surface area (Å²) in [5.41, 5.74) is 1.19. The molecule has 1 unspecified atom stereocenters. The molecule has 1 atom stereocenters. The predicted octanol–water partition coefficient (Wildman–Crippen LogP) is 2.25. The number of benzene rings is 1. The van der Waals surface area contributed by atoms with Crippen LogP contribution in [-0.4, -0.2) is 66.7 Å². The molecular formula is C21H26Cl2N5O3+. The zero-order valence-corrected chi connectivity index (χ0v) is 18.8. The summed E-state index contributed by atoms with van der Waals surface area (Å²) in [5, 5.41) is 9.57. The van der Waals surface area contributed by atoms with E-state index in [-0.39, 0.29) is 24.0 Å². The molecule has 2 heterocycles. The summed E-state index contributed by atoms with van der Waals surface area (Å²) >= 11 is 12.4. The molecule has 10 heteroatoms. The zero-order chi connectivity index (χ0) is 22.4. The number of carbonyl (C=O) groups is 2. The smallest absolute Gasteiger partial charge is 0.414 e. The van der Waals surface area contributed by atoms with Gasteiger partial charge >= 0.3 is 12.1 Å². The molecule has 1 saturated heterocycles. The van der Waals surface area contributed by atoms with Crippen molar-refractivity contribution in [3.8, 4) is 0 Å². The SMILES string of the molecule is CCOC(=O)N1CCC(NC(=O)N(C(=[NH2+])C2=CC=NCC2Cl)c2ccc(Cl)cc2)CC1. The normalized spacial score (nSPS) is 18.9. The number of dihydropyridines is 1. The minimum absolute atomic E-state index is 0.102. The Balaban J connectivity index is 1.74. The molecule has 0 aliphatic carbocycles. The fourth-order valence-corrected chi connectivity index (χ4v) is 3.87. The molecule has 0 spiro atoms. The van der Waals surface area contributed by atoms with Crippen molar-refractivity contribution in [3.05, 3.63) is 40.9 Å². The van der Waals surface area contributed by atoms with Crippen LogP contribution in [0, 0.1) is 0 Å². The summed E-state index contributed by atoms with van der Waals surface area (Å²) in [6.07, 6.45) is 4.25. The number of hydrogen-bond acceptors (Lipinski definition) is 4. The Kier molecular flexibility index (Phi) is 7.92. The Hall–Kier alpha value is -2.58. The summed E-state index contributed by atoms with van der Waals surface area (Å²) in [6.45, 7) is 3.51. The first kappa shape index (κ1) is 23.1. The maximum atomic E-state index is 13.3. The monoisotopic (exact) mass is 466 g/mol. The largest absolute Gasteiger partial charge is 0.450 e. The molecule has 3 rings (SSSR count).